The molecule has 154 valence electrons. The predicted octanol–water partition coefficient (Wildman–Crippen LogP) is 3.16. The Hall–Kier alpha value is -1.61. The first-order valence-electron chi connectivity index (χ1n) is 8.93. The van der Waals surface area contributed by atoms with Crippen LogP contribution in [0.5, 0.6) is 5.75 Å². The van der Waals surface area contributed by atoms with Gasteiger partial charge in [0.2, 0.25) is 10.0 Å². The minimum Gasteiger partial charge on any atom is -0.491 e. The van der Waals surface area contributed by atoms with Gasteiger partial charge in [0.15, 0.2) is 0 Å². The third-order valence-electron chi connectivity index (χ3n) is 4.04. The average molecular weight is 425 g/mol. The van der Waals surface area contributed by atoms with Crippen molar-refractivity contribution in [3.63, 3.8) is 0 Å². The van der Waals surface area contributed by atoms with Gasteiger partial charge in [-0.2, -0.15) is 0 Å². The van der Waals surface area contributed by atoms with E-state index >= 15 is 0 Å². The maximum atomic E-state index is 12.0. The van der Waals surface area contributed by atoms with Crippen molar-refractivity contribution in [1.82, 2.24) is 9.29 Å². The molecule has 0 saturated heterocycles. The number of pyridine rings is 1. The molecule has 8 heteroatoms. The van der Waals surface area contributed by atoms with Gasteiger partial charge in [-0.25, -0.2) is 17.7 Å². The molecule has 6 nitrogen and oxygen atoms in total. The molecular weight excluding hydrogens is 396 g/mol. The molecular formula is C20H28N2O4S2. The second kappa shape index (κ2) is 9.26. The lowest BCUT2D eigenvalue weighted by molar-refractivity contribution is 0.125. The number of hydrogen-bond donors (Lipinski definition) is 1. The van der Waals surface area contributed by atoms with Crippen molar-refractivity contribution in [2.75, 3.05) is 26.5 Å². The Morgan fingerprint density at radius 1 is 1.18 bits per heavy atom. The van der Waals surface area contributed by atoms with Crippen molar-refractivity contribution in [3.8, 4) is 5.75 Å². The van der Waals surface area contributed by atoms with Crippen LogP contribution in [0.1, 0.15) is 26.3 Å². The number of para-hydroxylation sites is 1. The first kappa shape index (κ1) is 22.7. The maximum absolute atomic E-state index is 12.0. The molecule has 0 aliphatic carbocycles. The van der Waals surface area contributed by atoms with Gasteiger partial charge in [-0.1, -0.05) is 39.0 Å². The normalized spacial score (nSPS) is 13.5. The number of benzene rings is 1. The van der Waals surface area contributed by atoms with Crippen LogP contribution in [0.4, 0.5) is 0 Å². The highest BCUT2D eigenvalue weighted by Crippen LogP contribution is 2.31. The van der Waals surface area contributed by atoms with Crippen LogP contribution < -0.4 is 4.74 Å². The topological polar surface area (TPSA) is 79.7 Å². The molecule has 0 spiro atoms. The fourth-order valence-electron chi connectivity index (χ4n) is 2.44. The fraction of sp³-hybridized carbons (Fsp3) is 0.450. The largest absolute Gasteiger partial charge is 0.491 e. The molecule has 0 fully saturated rings. The van der Waals surface area contributed by atoms with Crippen molar-refractivity contribution in [2.45, 2.75) is 42.2 Å². The number of sulfonamides is 1. The number of aliphatic hydroxyl groups is 1. The Morgan fingerprint density at radius 3 is 2.43 bits per heavy atom. The van der Waals surface area contributed by atoms with Crippen molar-refractivity contribution in [3.05, 3.63) is 48.2 Å². The average Bonchev–Trinajstić information content (AvgIpc) is 2.64. The van der Waals surface area contributed by atoms with Crippen LogP contribution in [0, 0.1) is 0 Å². The zero-order valence-corrected chi connectivity index (χ0v) is 18.5. The van der Waals surface area contributed by atoms with E-state index < -0.39 is 16.1 Å². The summed E-state index contributed by atoms with van der Waals surface area (Å²) in [4.78, 5) is 4.31. The van der Waals surface area contributed by atoms with E-state index in [9.17, 15) is 13.5 Å². The molecule has 1 aromatic heterocycles. The molecule has 0 saturated carbocycles. The number of thioether (sulfide) groups is 1. The Balaban J connectivity index is 1.91. The van der Waals surface area contributed by atoms with Crippen molar-refractivity contribution in [1.29, 1.82) is 0 Å². The molecule has 0 aliphatic rings. The van der Waals surface area contributed by atoms with Crippen molar-refractivity contribution in [2.24, 2.45) is 0 Å². The zero-order chi connectivity index (χ0) is 20.9. The summed E-state index contributed by atoms with van der Waals surface area (Å²) in [5.74, 6) is 1.17. The van der Waals surface area contributed by atoms with E-state index in [1.807, 2.05) is 24.3 Å². The summed E-state index contributed by atoms with van der Waals surface area (Å²) in [6.07, 6.45) is 0.658. The molecule has 0 unspecified atom stereocenters. The summed E-state index contributed by atoms with van der Waals surface area (Å²) in [5.41, 5.74) is 1.05. The van der Waals surface area contributed by atoms with Gasteiger partial charge in [-0.3, -0.25) is 0 Å². The second-order valence-corrected chi connectivity index (χ2v) is 10.8. The highest BCUT2D eigenvalue weighted by Gasteiger charge is 2.20. The lowest BCUT2D eigenvalue weighted by Crippen LogP contribution is -2.22. The van der Waals surface area contributed by atoms with Gasteiger partial charge >= 0.3 is 0 Å². The molecule has 2 rings (SSSR count). The van der Waals surface area contributed by atoms with E-state index in [4.69, 9.17) is 4.74 Å². The van der Waals surface area contributed by atoms with Crippen LogP contribution in [-0.2, 0) is 15.4 Å². The molecule has 28 heavy (non-hydrogen) atoms. The van der Waals surface area contributed by atoms with E-state index in [0.717, 1.165) is 15.6 Å². The minimum atomic E-state index is -3.49. The third-order valence-corrected chi connectivity index (χ3v) is 6.93. The summed E-state index contributed by atoms with van der Waals surface area (Å²) in [5, 5.41) is 10.9. The SMILES string of the molecule is CN(C)S(=O)(=O)c1ccc(SC[C@@H](O)COc2ccccc2C(C)(C)C)nc1. The third kappa shape index (κ3) is 5.94. The number of aliphatic hydroxyl groups excluding tert-OH is 1. The Labute approximate surface area is 172 Å². The van der Waals surface area contributed by atoms with Gasteiger partial charge in [-0.15, -0.1) is 11.8 Å². The van der Waals surface area contributed by atoms with Gasteiger partial charge < -0.3 is 9.84 Å². The van der Waals surface area contributed by atoms with Crippen LogP contribution in [0.25, 0.3) is 0 Å². The summed E-state index contributed by atoms with van der Waals surface area (Å²) in [6.45, 7) is 6.53. The first-order valence-corrected chi connectivity index (χ1v) is 11.4. The van der Waals surface area contributed by atoms with E-state index in [2.05, 4.69) is 25.8 Å². The zero-order valence-electron chi connectivity index (χ0n) is 16.9. The summed E-state index contributed by atoms with van der Waals surface area (Å²) < 4.78 is 31.1. The number of ether oxygens (including phenoxy) is 1. The van der Waals surface area contributed by atoms with Crippen LogP contribution >= 0.6 is 11.8 Å². The first-order chi connectivity index (χ1) is 13.0. The highest BCUT2D eigenvalue weighted by molar-refractivity contribution is 7.99. The Kier molecular flexibility index (Phi) is 7.50. The van der Waals surface area contributed by atoms with E-state index in [-0.39, 0.29) is 16.9 Å². The standard InChI is InChI=1S/C20H28N2O4S2/c1-20(2,3)17-8-6-7-9-18(17)26-13-15(23)14-27-19-11-10-16(12-21-19)28(24,25)22(4)5/h6-12,15,23H,13-14H2,1-5H3/t15-/m0/s1. The molecule has 1 atom stereocenters. The van der Waals surface area contributed by atoms with Gasteiger partial charge in [0, 0.05) is 26.0 Å². The molecule has 2 aromatic rings. The predicted molar refractivity (Wildman–Crippen MR) is 112 cm³/mol. The van der Waals surface area contributed by atoms with Gasteiger partial charge in [0.05, 0.1) is 11.1 Å². The fourth-order valence-corrected chi connectivity index (χ4v) is 4.04. The molecule has 0 bridgehead atoms. The smallest absolute Gasteiger partial charge is 0.244 e. The second-order valence-electron chi connectivity index (χ2n) is 7.64. The summed E-state index contributed by atoms with van der Waals surface area (Å²) in [7, 11) is -0.532. The lowest BCUT2D eigenvalue weighted by Gasteiger charge is -2.23. The van der Waals surface area contributed by atoms with Gasteiger partial charge in [-0.05, 0) is 29.2 Å². The number of nitrogens with zero attached hydrogens (tertiary/aromatic N) is 2. The number of hydrogen-bond acceptors (Lipinski definition) is 6. The summed E-state index contributed by atoms with van der Waals surface area (Å²) in [6, 6.07) is 11.0. The molecule has 1 aromatic carbocycles. The van der Waals surface area contributed by atoms with Crippen molar-refractivity contribution < 1.29 is 18.3 Å². The van der Waals surface area contributed by atoms with Crippen LogP contribution in [-0.4, -0.2) is 55.4 Å². The minimum absolute atomic E-state index is 0.0468. The summed E-state index contributed by atoms with van der Waals surface area (Å²) >= 11 is 1.35. The Morgan fingerprint density at radius 2 is 1.86 bits per heavy atom. The lowest BCUT2D eigenvalue weighted by atomic mass is 9.86. The van der Waals surface area contributed by atoms with Crippen LogP contribution in [0.3, 0.4) is 0 Å². The van der Waals surface area contributed by atoms with Gasteiger partial charge in [0.1, 0.15) is 17.3 Å². The number of rotatable bonds is 8. The highest BCUT2D eigenvalue weighted by atomic mass is 32.2. The quantitative estimate of drug-likeness (QED) is 0.656. The van der Waals surface area contributed by atoms with Crippen LogP contribution in [0.2, 0.25) is 0 Å². The van der Waals surface area contributed by atoms with Gasteiger partial charge in [0.25, 0.3) is 0 Å². The van der Waals surface area contributed by atoms with E-state index in [1.54, 1.807) is 6.07 Å². The molecule has 0 amide bonds. The molecule has 1 heterocycles. The maximum Gasteiger partial charge on any atom is 0.244 e. The van der Waals surface area contributed by atoms with E-state index in [1.165, 1.54) is 38.1 Å². The molecule has 0 radical (unpaired) electrons. The Bertz CT molecular complexity index is 876. The van der Waals surface area contributed by atoms with Crippen molar-refractivity contribution >= 4 is 21.8 Å². The molecule has 1 N–H and O–H groups in total. The van der Waals surface area contributed by atoms with E-state index in [0.29, 0.717) is 10.8 Å². The van der Waals surface area contributed by atoms with Crippen LogP contribution in [0.15, 0.2) is 52.5 Å². The number of aromatic nitrogens is 1. The molecule has 0 aliphatic heterocycles. The monoisotopic (exact) mass is 424 g/mol.